The van der Waals surface area contributed by atoms with E-state index in [1.807, 2.05) is 31.2 Å². The van der Waals surface area contributed by atoms with Crippen molar-refractivity contribution in [1.82, 2.24) is 0 Å². The number of rotatable bonds is 3. The molecule has 0 fully saturated rings. The number of ether oxygens (including phenoxy) is 4. The van der Waals surface area contributed by atoms with E-state index in [2.05, 4.69) is 0 Å². The summed E-state index contributed by atoms with van der Waals surface area (Å²) in [5, 5.41) is 0. The number of benzene rings is 3. The second-order valence-corrected chi connectivity index (χ2v) is 6.97. The Labute approximate surface area is 172 Å². The second kappa shape index (κ2) is 7.08. The molecule has 0 N–H and O–H groups in total. The minimum absolute atomic E-state index is 0.127. The van der Waals surface area contributed by atoms with Gasteiger partial charge in [-0.2, -0.15) is 0 Å². The van der Waals surface area contributed by atoms with E-state index in [1.54, 1.807) is 36.4 Å². The van der Waals surface area contributed by atoms with Crippen LogP contribution < -0.4 is 18.9 Å². The molecular weight excluding hydrogens is 384 g/mol. The average molecular weight is 400 g/mol. The lowest BCUT2D eigenvalue weighted by Gasteiger charge is -2.06. The number of allylic oxidation sites excluding steroid dienone is 1. The van der Waals surface area contributed by atoms with E-state index in [1.165, 1.54) is 6.07 Å². The summed E-state index contributed by atoms with van der Waals surface area (Å²) in [5.74, 6) is 1.19. The van der Waals surface area contributed by atoms with Gasteiger partial charge in [-0.25, -0.2) is 4.79 Å². The molecule has 6 nitrogen and oxygen atoms in total. The highest BCUT2D eigenvalue weighted by Crippen LogP contribution is 2.36. The van der Waals surface area contributed by atoms with Crippen LogP contribution in [0.2, 0.25) is 0 Å². The standard InChI is InChI=1S/C24H16O6/c1-14-2-4-15(5-3-14)10-22-23(25)18-8-7-17(12-20(18)30-22)29-24(26)16-6-9-19-21(11-16)28-13-27-19/h2-12H,13H2,1H3/b22-10-. The molecule has 2 aliphatic rings. The topological polar surface area (TPSA) is 71.1 Å². The van der Waals surface area contributed by atoms with Crippen LogP contribution in [0.5, 0.6) is 23.0 Å². The number of carbonyl (C=O) groups is 2. The fraction of sp³-hybridized carbons (Fsp3) is 0.0833. The molecule has 6 heteroatoms. The van der Waals surface area contributed by atoms with Crippen molar-refractivity contribution in [1.29, 1.82) is 0 Å². The SMILES string of the molecule is Cc1ccc(/C=C2\Oc3cc(OC(=O)c4ccc5c(c4)OCO5)ccc3C2=O)cc1. The van der Waals surface area contributed by atoms with E-state index in [-0.39, 0.29) is 24.1 Å². The second-order valence-electron chi connectivity index (χ2n) is 6.97. The molecule has 148 valence electrons. The molecule has 0 aliphatic carbocycles. The molecule has 0 aromatic heterocycles. The molecule has 5 rings (SSSR count). The predicted molar refractivity (Wildman–Crippen MR) is 108 cm³/mol. The summed E-state index contributed by atoms with van der Waals surface area (Å²) in [7, 11) is 0. The zero-order valence-corrected chi connectivity index (χ0v) is 16.0. The summed E-state index contributed by atoms with van der Waals surface area (Å²) in [4.78, 5) is 25.1. The quantitative estimate of drug-likeness (QED) is 0.365. The van der Waals surface area contributed by atoms with Gasteiger partial charge >= 0.3 is 5.97 Å². The Morgan fingerprint density at radius 1 is 0.933 bits per heavy atom. The summed E-state index contributed by atoms with van der Waals surface area (Å²) < 4.78 is 21.7. The molecule has 0 saturated carbocycles. The maximum absolute atomic E-state index is 12.6. The van der Waals surface area contributed by atoms with Gasteiger partial charge in [-0.1, -0.05) is 29.8 Å². The van der Waals surface area contributed by atoms with Crippen molar-refractivity contribution < 1.29 is 28.5 Å². The number of esters is 1. The summed E-state index contributed by atoms with van der Waals surface area (Å²) in [5.41, 5.74) is 2.76. The van der Waals surface area contributed by atoms with Crippen molar-refractivity contribution in [3.8, 4) is 23.0 Å². The highest BCUT2D eigenvalue weighted by molar-refractivity contribution is 6.14. The van der Waals surface area contributed by atoms with E-state index >= 15 is 0 Å². The molecule has 0 bridgehead atoms. The smallest absolute Gasteiger partial charge is 0.343 e. The Hall–Kier alpha value is -4.06. The van der Waals surface area contributed by atoms with Gasteiger partial charge in [0.25, 0.3) is 0 Å². The number of carbonyl (C=O) groups excluding carboxylic acids is 2. The van der Waals surface area contributed by atoms with Gasteiger partial charge in [-0.3, -0.25) is 4.79 Å². The Bertz CT molecular complexity index is 1210. The first-order valence-electron chi connectivity index (χ1n) is 9.34. The van der Waals surface area contributed by atoms with Gasteiger partial charge in [0, 0.05) is 6.07 Å². The number of hydrogen-bond acceptors (Lipinski definition) is 6. The van der Waals surface area contributed by atoms with Crippen LogP contribution in [0.4, 0.5) is 0 Å². The third kappa shape index (κ3) is 3.28. The molecule has 0 saturated heterocycles. The van der Waals surface area contributed by atoms with Crippen molar-refractivity contribution in [3.63, 3.8) is 0 Å². The molecule has 0 radical (unpaired) electrons. The van der Waals surface area contributed by atoms with E-state index in [0.717, 1.165) is 11.1 Å². The maximum atomic E-state index is 12.6. The van der Waals surface area contributed by atoms with Crippen molar-refractivity contribution in [2.45, 2.75) is 6.92 Å². The number of fused-ring (bicyclic) bond motifs is 2. The normalized spacial score (nSPS) is 15.1. The molecule has 30 heavy (non-hydrogen) atoms. The minimum Gasteiger partial charge on any atom is -0.454 e. The highest BCUT2D eigenvalue weighted by atomic mass is 16.7. The molecule has 0 spiro atoms. The Kier molecular flexibility index (Phi) is 4.25. The average Bonchev–Trinajstić information content (AvgIpc) is 3.33. The zero-order valence-electron chi connectivity index (χ0n) is 16.0. The highest BCUT2D eigenvalue weighted by Gasteiger charge is 2.28. The number of Topliss-reactive ketones (excluding diaryl/α,β-unsaturated/α-hetero) is 1. The number of ketones is 1. The fourth-order valence-corrected chi connectivity index (χ4v) is 3.23. The van der Waals surface area contributed by atoms with E-state index in [4.69, 9.17) is 18.9 Å². The van der Waals surface area contributed by atoms with Crippen LogP contribution in [0.25, 0.3) is 6.08 Å². The van der Waals surface area contributed by atoms with Crippen LogP contribution >= 0.6 is 0 Å². The largest absolute Gasteiger partial charge is 0.454 e. The number of hydrogen-bond donors (Lipinski definition) is 0. The third-order valence-corrected chi connectivity index (χ3v) is 4.84. The lowest BCUT2D eigenvalue weighted by atomic mass is 10.1. The monoisotopic (exact) mass is 400 g/mol. The molecule has 0 unspecified atom stereocenters. The van der Waals surface area contributed by atoms with Gasteiger partial charge in [0.2, 0.25) is 12.6 Å². The first-order valence-corrected chi connectivity index (χ1v) is 9.34. The van der Waals surface area contributed by atoms with Crippen LogP contribution in [-0.4, -0.2) is 18.5 Å². The van der Waals surface area contributed by atoms with Gasteiger partial charge < -0.3 is 18.9 Å². The molecule has 2 heterocycles. The lowest BCUT2D eigenvalue weighted by molar-refractivity contribution is 0.0734. The Morgan fingerprint density at radius 2 is 1.73 bits per heavy atom. The molecule has 3 aromatic carbocycles. The van der Waals surface area contributed by atoms with Crippen LogP contribution in [0, 0.1) is 6.92 Å². The number of aryl methyl sites for hydroxylation is 1. The summed E-state index contributed by atoms with van der Waals surface area (Å²) >= 11 is 0. The first-order chi connectivity index (χ1) is 14.6. The van der Waals surface area contributed by atoms with E-state index in [9.17, 15) is 9.59 Å². The Balaban J connectivity index is 1.35. The molecule has 3 aromatic rings. The lowest BCUT2D eigenvalue weighted by Crippen LogP contribution is -2.08. The first kappa shape index (κ1) is 18.0. The predicted octanol–water partition coefficient (Wildman–Crippen LogP) is 4.56. The van der Waals surface area contributed by atoms with Gasteiger partial charge in [0.05, 0.1) is 11.1 Å². The zero-order chi connectivity index (χ0) is 20.7. The van der Waals surface area contributed by atoms with E-state index < -0.39 is 5.97 Å². The van der Waals surface area contributed by atoms with Gasteiger partial charge in [0.15, 0.2) is 17.3 Å². The van der Waals surface area contributed by atoms with Crippen LogP contribution in [0.15, 0.2) is 66.4 Å². The van der Waals surface area contributed by atoms with Crippen molar-refractivity contribution in [2.24, 2.45) is 0 Å². The summed E-state index contributed by atoms with van der Waals surface area (Å²) in [6.45, 7) is 2.12. The van der Waals surface area contributed by atoms with E-state index in [0.29, 0.717) is 28.4 Å². The third-order valence-electron chi connectivity index (χ3n) is 4.84. The van der Waals surface area contributed by atoms with Crippen LogP contribution in [-0.2, 0) is 0 Å². The Morgan fingerprint density at radius 3 is 2.57 bits per heavy atom. The van der Waals surface area contributed by atoms with Gasteiger partial charge in [0.1, 0.15) is 11.5 Å². The van der Waals surface area contributed by atoms with Crippen LogP contribution in [0.1, 0.15) is 31.8 Å². The molecule has 2 aliphatic heterocycles. The molecule has 0 amide bonds. The summed E-state index contributed by atoms with van der Waals surface area (Å²) in [6, 6.07) is 17.3. The molecule has 0 atom stereocenters. The maximum Gasteiger partial charge on any atom is 0.343 e. The minimum atomic E-state index is -0.548. The molecular formula is C24H16O6. The summed E-state index contributed by atoms with van der Waals surface area (Å²) in [6.07, 6.45) is 1.69. The van der Waals surface area contributed by atoms with Gasteiger partial charge in [-0.15, -0.1) is 0 Å². The van der Waals surface area contributed by atoms with Crippen molar-refractivity contribution >= 4 is 17.8 Å². The van der Waals surface area contributed by atoms with Gasteiger partial charge in [-0.05, 0) is 48.9 Å². The fourth-order valence-electron chi connectivity index (χ4n) is 3.23. The van der Waals surface area contributed by atoms with Crippen molar-refractivity contribution in [3.05, 3.63) is 88.7 Å². The van der Waals surface area contributed by atoms with Crippen molar-refractivity contribution in [2.75, 3.05) is 6.79 Å². The van der Waals surface area contributed by atoms with Crippen LogP contribution in [0.3, 0.4) is 0 Å².